The van der Waals surface area contributed by atoms with E-state index in [9.17, 15) is 9.90 Å². The highest BCUT2D eigenvalue weighted by molar-refractivity contribution is 6.32. The molecule has 0 aliphatic heterocycles. The van der Waals surface area contributed by atoms with Crippen LogP contribution in [0.3, 0.4) is 0 Å². The minimum Gasteiger partial charge on any atom is -0.506 e. The van der Waals surface area contributed by atoms with Gasteiger partial charge in [-0.1, -0.05) is 11.6 Å². The predicted octanol–water partition coefficient (Wildman–Crippen LogP) is 3.18. The molecule has 94 valence electrons. The minimum atomic E-state index is -0.525. The molecule has 1 amide bonds. The predicted molar refractivity (Wildman–Crippen MR) is 70.0 cm³/mol. The lowest BCUT2D eigenvalue weighted by molar-refractivity contribution is 0.0912. The van der Waals surface area contributed by atoms with Crippen LogP contribution in [0.15, 0.2) is 18.2 Å². The Hall–Kier alpha value is -0.930. The van der Waals surface area contributed by atoms with Crippen molar-refractivity contribution in [3.8, 4) is 5.75 Å². The lowest BCUT2D eigenvalue weighted by Crippen LogP contribution is -2.49. The highest BCUT2D eigenvalue weighted by Crippen LogP contribution is 2.24. The molecule has 0 aliphatic carbocycles. The van der Waals surface area contributed by atoms with E-state index in [1.54, 1.807) is 0 Å². The number of hydrogen-bond donors (Lipinski definition) is 2. The van der Waals surface area contributed by atoms with Crippen molar-refractivity contribution >= 4 is 29.1 Å². The van der Waals surface area contributed by atoms with Crippen molar-refractivity contribution in [3.63, 3.8) is 0 Å². The van der Waals surface area contributed by atoms with Gasteiger partial charge < -0.3 is 10.4 Å². The number of benzene rings is 1. The Morgan fingerprint density at radius 2 is 2.06 bits per heavy atom. The summed E-state index contributed by atoms with van der Waals surface area (Å²) in [4.78, 5) is 11.9. The van der Waals surface area contributed by atoms with Gasteiger partial charge in [0.2, 0.25) is 0 Å². The quantitative estimate of drug-likeness (QED) is 0.833. The number of phenols is 1. The molecule has 1 aromatic carbocycles. The molecule has 0 saturated carbocycles. The third-order valence-corrected chi connectivity index (χ3v) is 3.49. The van der Waals surface area contributed by atoms with E-state index >= 15 is 0 Å². The molecule has 3 nitrogen and oxygen atoms in total. The van der Waals surface area contributed by atoms with E-state index in [1.807, 2.05) is 20.8 Å². The summed E-state index contributed by atoms with van der Waals surface area (Å²) in [6, 6.07) is 4.31. The third kappa shape index (κ3) is 3.51. The standard InChI is InChI=1S/C12H15Cl2NO2/c1-7(13)12(2,3)15-11(17)8-4-5-10(16)9(14)6-8/h4-7,16H,1-3H3,(H,15,17). The number of phenolic OH excluding ortho intramolecular Hbond substituents is 1. The second-order valence-corrected chi connectivity index (χ2v) is 5.52. The van der Waals surface area contributed by atoms with Crippen LogP contribution in [0.4, 0.5) is 0 Å². The van der Waals surface area contributed by atoms with Crippen LogP contribution in [-0.4, -0.2) is 21.9 Å². The zero-order chi connectivity index (χ0) is 13.2. The Bertz CT molecular complexity index is 431. The second-order valence-electron chi connectivity index (χ2n) is 4.46. The molecule has 2 N–H and O–H groups in total. The fourth-order valence-corrected chi connectivity index (χ4v) is 1.35. The zero-order valence-corrected chi connectivity index (χ0v) is 11.4. The Morgan fingerprint density at radius 1 is 1.47 bits per heavy atom. The summed E-state index contributed by atoms with van der Waals surface area (Å²) in [6.07, 6.45) is 0. The number of carbonyl (C=O) groups is 1. The molecule has 0 heterocycles. The van der Waals surface area contributed by atoms with Gasteiger partial charge in [-0.3, -0.25) is 4.79 Å². The molecular formula is C12H15Cl2NO2. The second kappa shape index (κ2) is 5.15. The fourth-order valence-electron chi connectivity index (χ4n) is 1.11. The molecule has 0 bridgehead atoms. The van der Waals surface area contributed by atoms with Gasteiger partial charge in [-0.2, -0.15) is 0 Å². The van der Waals surface area contributed by atoms with Crippen molar-refractivity contribution in [2.75, 3.05) is 0 Å². The fraction of sp³-hybridized carbons (Fsp3) is 0.417. The molecule has 5 heteroatoms. The molecule has 1 aromatic rings. The van der Waals surface area contributed by atoms with Crippen LogP contribution in [0.25, 0.3) is 0 Å². The molecular weight excluding hydrogens is 261 g/mol. The van der Waals surface area contributed by atoms with Crippen molar-refractivity contribution in [2.24, 2.45) is 0 Å². The van der Waals surface area contributed by atoms with Crippen LogP contribution in [-0.2, 0) is 0 Å². The van der Waals surface area contributed by atoms with Crippen molar-refractivity contribution in [2.45, 2.75) is 31.7 Å². The third-order valence-electron chi connectivity index (χ3n) is 2.64. The van der Waals surface area contributed by atoms with E-state index < -0.39 is 5.54 Å². The summed E-state index contributed by atoms with van der Waals surface area (Å²) in [5.41, 5.74) is -0.138. The molecule has 1 unspecified atom stereocenters. The summed E-state index contributed by atoms with van der Waals surface area (Å²) < 4.78 is 0. The Morgan fingerprint density at radius 3 is 2.53 bits per heavy atom. The van der Waals surface area contributed by atoms with Gasteiger partial charge in [0.15, 0.2) is 0 Å². The summed E-state index contributed by atoms with van der Waals surface area (Å²) >= 11 is 11.7. The summed E-state index contributed by atoms with van der Waals surface area (Å²) in [7, 11) is 0. The number of carbonyl (C=O) groups excluding carboxylic acids is 1. The smallest absolute Gasteiger partial charge is 0.251 e. The van der Waals surface area contributed by atoms with Gasteiger partial charge in [-0.15, -0.1) is 11.6 Å². The van der Waals surface area contributed by atoms with Crippen molar-refractivity contribution in [3.05, 3.63) is 28.8 Å². The molecule has 1 rings (SSSR count). The maximum atomic E-state index is 11.9. The van der Waals surface area contributed by atoms with Gasteiger partial charge in [0.25, 0.3) is 5.91 Å². The highest BCUT2D eigenvalue weighted by Gasteiger charge is 2.26. The van der Waals surface area contributed by atoms with Gasteiger partial charge >= 0.3 is 0 Å². The van der Waals surface area contributed by atoms with Gasteiger partial charge in [0, 0.05) is 5.56 Å². The van der Waals surface area contributed by atoms with Crippen LogP contribution < -0.4 is 5.32 Å². The molecule has 0 aromatic heterocycles. The summed E-state index contributed by atoms with van der Waals surface area (Å²) in [5.74, 6) is -0.322. The van der Waals surface area contributed by atoms with Crippen molar-refractivity contribution in [1.29, 1.82) is 0 Å². The summed E-state index contributed by atoms with van der Waals surface area (Å²) in [5, 5.41) is 12.0. The topological polar surface area (TPSA) is 49.3 Å². The first-order chi connectivity index (χ1) is 7.74. The lowest BCUT2D eigenvalue weighted by Gasteiger charge is -2.29. The maximum absolute atomic E-state index is 11.9. The summed E-state index contributed by atoms with van der Waals surface area (Å²) in [6.45, 7) is 5.49. The van der Waals surface area contributed by atoms with Crippen LogP contribution >= 0.6 is 23.2 Å². The molecule has 0 aliphatic rings. The monoisotopic (exact) mass is 275 g/mol. The van der Waals surface area contributed by atoms with Crippen LogP contribution in [0.2, 0.25) is 5.02 Å². The van der Waals surface area contributed by atoms with Gasteiger partial charge in [-0.05, 0) is 39.0 Å². The van der Waals surface area contributed by atoms with Crippen LogP contribution in [0.5, 0.6) is 5.75 Å². The van der Waals surface area contributed by atoms with E-state index in [0.29, 0.717) is 5.56 Å². The molecule has 0 spiro atoms. The molecule has 1 atom stereocenters. The van der Waals surface area contributed by atoms with E-state index in [4.69, 9.17) is 23.2 Å². The van der Waals surface area contributed by atoms with Crippen molar-refractivity contribution in [1.82, 2.24) is 5.32 Å². The normalized spacial score (nSPS) is 13.2. The van der Waals surface area contributed by atoms with E-state index in [1.165, 1.54) is 18.2 Å². The average molecular weight is 276 g/mol. The number of rotatable bonds is 3. The zero-order valence-electron chi connectivity index (χ0n) is 9.92. The lowest BCUT2D eigenvalue weighted by atomic mass is 10.0. The van der Waals surface area contributed by atoms with E-state index in [0.717, 1.165) is 0 Å². The molecule has 0 radical (unpaired) electrons. The van der Waals surface area contributed by atoms with E-state index in [2.05, 4.69) is 5.32 Å². The average Bonchev–Trinajstić information content (AvgIpc) is 2.21. The van der Waals surface area contributed by atoms with Crippen LogP contribution in [0.1, 0.15) is 31.1 Å². The highest BCUT2D eigenvalue weighted by atomic mass is 35.5. The Labute approximate surface area is 111 Å². The van der Waals surface area contributed by atoms with Crippen molar-refractivity contribution < 1.29 is 9.90 Å². The Kier molecular flexibility index (Phi) is 4.28. The van der Waals surface area contributed by atoms with Gasteiger partial charge in [0.05, 0.1) is 15.9 Å². The minimum absolute atomic E-state index is 0.0480. The van der Waals surface area contributed by atoms with Gasteiger partial charge in [-0.25, -0.2) is 0 Å². The number of halogens is 2. The first-order valence-electron chi connectivity index (χ1n) is 5.19. The van der Waals surface area contributed by atoms with Gasteiger partial charge in [0.1, 0.15) is 5.75 Å². The number of aromatic hydroxyl groups is 1. The first-order valence-corrected chi connectivity index (χ1v) is 6.00. The number of amides is 1. The number of nitrogens with one attached hydrogen (secondary N) is 1. The molecule has 17 heavy (non-hydrogen) atoms. The first kappa shape index (κ1) is 14.1. The Balaban J connectivity index is 2.87. The largest absolute Gasteiger partial charge is 0.506 e. The number of alkyl halides is 1. The number of hydrogen-bond acceptors (Lipinski definition) is 2. The SMILES string of the molecule is CC(Cl)C(C)(C)NC(=O)c1ccc(O)c(Cl)c1. The molecule has 0 fully saturated rings. The van der Waals surface area contributed by atoms with Crippen LogP contribution in [0, 0.1) is 0 Å². The maximum Gasteiger partial charge on any atom is 0.251 e. The van der Waals surface area contributed by atoms with E-state index in [-0.39, 0.29) is 22.1 Å². The molecule has 0 saturated heterocycles.